The van der Waals surface area contributed by atoms with Gasteiger partial charge in [0.2, 0.25) is 0 Å². The van der Waals surface area contributed by atoms with Gasteiger partial charge in [-0.05, 0) is 58.7 Å². The van der Waals surface area contributed by atoms with Crippen molar-refractivity contribution in [3.63, 3.8) is 0 Å². The van der Waals surface area contributed by atoms with Crippen LogP contribution in [0.4, 0.5) is 26.3 Å². The summed E-state index contributed by atoms with van der Waals surface area (Å²) >= 11 is 8.93. The molecule has 6 aromatic rings. The van der Waals surface area contributed by atoms with E-state index in [1.807, 2.05) is 0 Å². The van der Waals surface area contributed by atoms with Gasteiger partial charge in [0.25, 0.3) is 0 Å². The van der Waals surface area contributed by atoms with Crippen LogP contribution in [0.3, 0.4) is 0 Å². The zero-order valence-corrected chi connectivity index (χ0v) is 28.7. The van der Waals surface area contributed by atoms with Crippen molar-refractivity contribution in [2.45, 2.75) is 17.8 Å². The van der Waals surface area contributed by atoms with Crippen LogP contribution in [-0.4, -0.2) is 17.8 Å². The van der Waals surface area contributed by atoms with Crippen molar-refractivity contribution in [3.8, 4) is 41.8 Å². The highest BCUT2D eigenvalue weighted by Gasteiger charge is 2.80. The molecule has 0 aliphatic heterocycles. The minimum Gasteiger partial charge on any atom is -0.194 e. The van der Waals surface area contributed by atoms with Gasteiger partial charge in [-0.15, -0.1) is 22.7 Å². The number of allylic oxidation sites excluding steroid dienone is 2. The summed E-state index contributed by atoms with van der Waals surface area (Å²) in [6, 6.07) is 33.5. The first kappa shape index (κ1) is 32.1. The topological polar surface area (TPSA) is 0 Å². The zero-order chi connectivity index (χ0) is 33.1. The molecule has 0 spiro atoms. The van der Waals surface area contributed by atoms with E-state index in [9.17, 15) is 0 Å². The molecule has 0 atom stereocenters. The van der Waals surface area contributed by atoms with Crippen LogP contribution in [0.15, 0.2) is 130 Å². The fourth-order valence-corrected chi connectivity index (χ4v) is 8.59. The van der Waals surface area contributed by atoms with E-state index in [2.05, 4.69) is 31.9 Å². The van der Waals surface area contributed by atoms with E-state index in [0.717, 1.165) is 31.6 Å². The van der Waals surface area contributed by atoms with E-state index in [1.165, 1.54) is 12.1 Å². The minimum absolute atomic E-state index is 0.189. The molecule has 47 heavy (non-hydrogen) atoms. The van der Waals surface area contributed by atoms with Crippen molar-refractivity contribution in [1.29, 1.82) is 0 Å². The summed E-state index contributed by atoms with van der Waals surface area (Å²) in [4.78, 5) is 1.32. The molecule has 10 heteroatoms. The van der Waals surface area contributed by atoms with E-state index in [4.69, 9.17) is 0 Å². The molecule has 0 nitrogen and oxygen atoms in total. The van der Waals surface area contributed by atoms with E-state index < -0.39 is 28.9 Å². The van der Waals surface area contributed by atoms with Crippen molar-refractivity contribution in [2.24, 2.45) is 0 Å². The zero-order valence-electron chi connectivity index (χ0n) is 23.9. The molecule has 0 fully saturated rings. The van der Waals surface area contributed by atoms with E-state index in [0.29, 0.717) is 32.0 Å². The van der Waals surface area contributed by atoms with Gasteiger partial charge in [-0.1, -0.05) is 117 Å². The second kappa shape index (κ2) is 11.9. The molecule has 1 aliphatic carbocycles. The molecule has 0 radical (unpaired) electrons. The standard InChI is InChI=1S/C37H20Br2F6S2/c38-25-15-11-21(12-16-25)29-19-27(33(46-29)23-7-3-1-4-8-23)31-32(36(42,43)37(44,45)35(31,40)41)28-20-30(22-13-17-26(39)18-14-22)47-34(28)24-9-5-2-6-10-24/h1-20H. The first-order chi connectivity index (χ1) is 22.4. The second-order valence-corrected chi connectivity index (χ2v) is 14.9. The van der Waals surface area contributed by atoms with Gasteiger partial charge in [0.05, 0.1) is 0 Å². The van der Waals surface area contributed by atoms with E-state index in [1.54, 1.807) is 109 Å². The lowest BCUT2D eigenvalue weighted by molar-refractivity contribution is -0.254. The Kier molecular flexibility index (Phi) is 8.14. The average Bonchev–Trinajstić information content (AvgIpc) is 3.72. The normalized spacial score (nSPS) is 16.5. The largest absolute Gasteiger partial charge is 0.380 e. The molecule has 1 aliphatic rings. The lowest BCUT2D eigenvalue weighted by Crippen LogP contribution is -2.48. The Morgan fingerprint density at radius 2 is 0.766 bits per heavy atom. The van der Waals surface area contributed by atoms with E-state index >= 15 is 26.3 Å². The Morgan fingerprint density at radius 3 is 1.11 bits per heavy atom. The highest BCUT2D eigenvalue weighted by Crippen LogP contribution is 2.67. The maximum absolute atomic E-state index is 16.3. The number of rotatable bonds is 6. The third-order valence-corrected chi connectivity index (χ3v) is 11.5. The summed E-state index contributed by atoms with van der Waals surface area (Å²) < 4.78 is 98.0. The van der Waals surface area contributed by atoms with Crippen molar-refractivity contribution >= 4 is 65.7 Å². The molecule has 2 aromatic heterocycles. The molecule has 7 rings (SSSR count). The van der Waals surface area contributed by atoms with Gasteiger partial charge in [0, 0.05) is 50.7 Å². The number of hydrogen-bond acceptors (Lipinski definition) is 2. The van der Waals surface area contributed by atoms with Gasteiger partial charge in [-0.3, -0.25) is 0 Å². The summed E-state index contributed by atoms with van der Waals surface area (Å²) in [5, 5.41) is 0. The van der Waals surface area contributed by atoms with Crippen LogP contribution in [0.1, 0.15) is 11.1 Å². The molecule has 2 heterocycles. The smallest absolute Gasteiger partial charge is 0.194 e. The van der Waals surface area contributed by atoms with Crippen LogP contribution in [0, 0.1) is 0 Å². The van der Waals surface area contributed by atoms with Gasteiger partial charge < -0.3 is 0 Å². The second-order valence-electron chi connectivity index (χ2n) is 10.9. The predicted molar refractivity (Wildman–Crippen MR) is 187 cm³/mol. The maximum Gasteiger partial charge on any atom is 0.380 e. The summed E-state index contributed by atoms with van der Waals surface area (Å²) in [7, 11) is 0. The van der Waals surface area contributed by atoms with Gasteiger partial charge in [0.1, 0.15) is 0 Å². The monoisotopic (exact) mass is 800 g/mol. The molecular formula is C37H20Br2F6S2. The molecule has 4 aromatic carbocycles. The fraction of sp³-hybridized carbons (Fsp3) is 0.0811. The molecule has 0 saturated heterocycles. The summed E-state index contributed by atoms with van der Waals surface area (Å²) in [5.74, 6) is -16.1. The Morgan fingerprint density at radius 1 is 0.426 bits per heavy atom. The first-order valence-corrected chi connectivity index (χ1v) is 17.4. The van der Waals surface area contributed by atoms with Crippen molar-refractivity contribution < 1.29 is 26.3 Å². The van der Waals surface area contributed by atoms with Crippen LogP contribution in [0.25, 0.3) is 52.9 Å². The highest BCUT2D eigenvalue weighted by atomic mass is 79.9. The van der Waals surface area contributed by atoms with Crippen LogP contribution < -0.4 is 0 Å². The highest BCUT2D eigenvalue weighted by molar-refractivity contribution is 9.10. The average molecular weight is 802 g/mol. The number of halogens is 8. The van der Waals surface area contributed by atoms with Crippen molar-refractivity contribution in [3.05, 3.63) is 141 Å². The molecule has 0 saturated carbocycles. The lowest BCUT2D eigenvalue weighted by Gasteiger charge is -2.26. The Balaban J connectivity index is 1.58. The maximum atomic E-state index is 16.3. The molecule has 0 bridgehead atoms. The lowest BCUT2D eigenvalue weighted by atomic mass is 9.92. The summed E-state index contributed by atoms with van der Waals surface area (Å²) in [6.07, 6.45) is 0. The first-order valence-electron chi connectivity index (χ1n) is 14.2. The molecule has 236 valence electrons. The van der Waals surface area contributed by atoms with Crippen LogP contribution in [0.2, 0.25) is 0 Å². The van der Waals surface area contributed by atoms with Crippen molar-refractivity contribution in [1.82, 2.24) is 0 Å². The SMILES string of the molecule is FC1(F)C(c2cc(-c3ccc(Br)cc3)sc2-c2ccccc2)=C(c2cc(-c3ccc(Br)cc3)sc2-c2ccccc2)C(F)(F)C1(F)F. The summed E-state index contributed by atoms with van der Waals surface area (Å²) in [5.41, 5.74) is -1.31. The van der Waals surface area contributed by atoms with Crippen LogP contribution >= 0.6 is 54.5 Å². The van der Waals surface area contributed by atoms with Crippen LogP contribution in [-0.2, 0) is 0 Å². The molecule has 0 unspecified atom stereocenters. The minimum atomic E-state index is -5.70. The number of alkyl halides is 6. The third kappa shape index (κ3) is 5.33. The van der Waals surface area contributed by atoms with Gasteiger partial charge >= 0.3 is 17.8 Å². The molecular weight excluding hydrogens is 782 g/mol. The van der Waals surface area contributed by atoms with Gasteiger partial charge in [-0.25, -0.2) is 0 Å². The predicted octanol–water partition coefficient (Wildman–Crippen LogP) is 13.8. The Hall–Kier alpha value is -3.44. The van der Waals surface area contributed by atoms with Crippen LogP contribution in [0.5, 0.6) is 0 Å². The van der Waals surface area contributed by atoms with Gasteiger partial charge in [-0.2, -0.15) is 26.3 Å². The fourth-order valence-electron chi connectivity index (χ4n) is 5.71. The third-order valence-electron chi connectivity index (χ3n) is 8.00. The Labute approximate surface area is 291 Å². The molecule has 0 N–H and O–H groups in total. The van der Waals surface area contributed by atoms with Gasteiger partial charge in [0.15, 0.2) is 0 Å². The number of hydrogen-bond donors (Lipinski definition) is 0. The number of thiophene rings is 2. The quantitative estimate of drug-likeness (QED) is 0.147. The summed E-state index contributed by atoms with van der Waals surface area (Å²) in [6.45, 7) is 0. The Bertz CT molecular complexity index is 1960. The van der Waals surface area contributed by atoms with Crippen molar-refractivity contribution in [2.75, 3.05) is 0 Å². The number of benzene rings is 4. The van der Waals surface area contributed by atoms with E-state index in [-0.39, 0.29) is 20.9 Å². The molecule has 0 amide bonds.